The number of nitrogens with zero attached hydrogens (tertiary/aromatic N) is 2. The first-order valence-corrected chi connectivity index (χ1v) is 9.15. The minimum absolute atomic E-state index is 0.0767. The van der Waals surface area contributed by atoms with Crippen LogP contribution in [0, 0.1) is 12.7 Å². The molecule has 0 radical (unpaired) electrons. The predicted octanol–water partition coefficient (Wildman–Crippen LogP) is 6.96. The van der Waals surface area contributed by atoms with Crippen LogP contribution in [-0.4, -0.2) is 9.78 Å². The summed E-state index contributed by atoms with van der Waals surface area (Å²) in [6.07, 6.45) is 1.77. The molecular weight excluding hydrogens is 382 g/mol. The molecule has 0 unspecified atom stereocenters. The summed E-state index contributed by atoms with van der Waals surface area (Å²) in [5, 5.41) is 5.31. The van der Waals surface area contributed by atoms with Crippen LogP contribution in [0.5, 0.6) is 0 Å². The van der Waals surface area contributed by atoms with Crippen molar-refractivity contribution in [2.45, 2.75) is 6.92 Å². The van der Waals surface area contributed by atoms with Crippen molar-refractivity contribution in [3.8, 4) is 28.1 Å². The van der Waals surface area contributed by atoms with Gasteiger partial charge in [-0.15, -0.1) is 0 Å². The standard InChI is InChI=1S/C22H15Cl2FN2/c1-14-4-2-7-18(10-14)27-22(16-5-3-6-17(23)11-16)19(13-26-27)15-8-9-21(25)20(24)12-15/h2-13H,1H3. The molecule has 0 aliphatic rings. The van der Waals surface area contributed by atoms with Gasteiger partial charge in [-0.2, -0.15) is 5.10 Å². The van der Waals surface area contributed by atoms with Gasteiger partial charge in [0.05, 0.1) is 22.6 Å². The number of benzene rings is 3. The molecule has 0 saturated heterocycles. The van der Waals surface area contributed by atoms with Crippen LogP contribution in [0.15, 0.2) is 72.9 Å². The van der Waals surface area contributed by atoms with Crippen molar-refractivity contribution < 1.29 is 4.39 Å². The third kappa shape index (κ3) is 3.48. The van der Waals surface area contributed by atoms with E-state index in [1.165, 1.54) is 6.07 Å². The Morgan fingerprint density at radius 2 is 1.70 bits per heavy atom. The summed E-state index contributed by atoms with van der Waals surface area (Å²) < 4.78 is 15.5. The molecule has 0 amide bonds. The number of aromatic nitrogens is 2. The second-order valence-electron chi connectivity index (χ2n) is 6.30. The van der Waals surface area contributed by atoms with E-state index in [4.69, 9.17) is 23.2 Å². The molecule has 27 heavy (non-hydrogen) atoms. The summed E-state index contributed by atoms with van der Waals surface area (Å²) in [4.78, 5) is 0. The van der Waals surface area contributed by atoms with Crippen molar-refractivity contribution in [3.63, 3.8) is 0 Å². The highest BCUT2D eigenvalue weighted by Gasteiger charge is 2.17. The topological polar surface area (TPSA) is 17.8 Å². The molecule has 2 nitrogen and oxygen atoms in total. The van der Waals surface area contributed by atoms with Crippen LogP contribution in [-0.2, 0) is 0 Å². The van der Waals surface area contributed by atoms with E-state index in [9.17, 15) is 4.39 Å². The minimum atomic E-state index is -0.448. The van der Waals surface area contributed by atoms with Crippen molar-refractivity contribution in [2.75, 3.05) is 0 Å². The lowest BCUT2D eigenvalue weighted by molar-refractivity contribution is 0.628. The van der Waals surface area contributed by atoms with Gasteiger partial charge in [-0.05, 0) is 54.4 Å². The summed E-state index contributed by atoms with van der Waals surface area (Å²) in [6, 6.07) is 20.3. The zero-order valence-electron chi connectivity index (χ0n) is 14.5. The average Bonchev–Trinajstić information content (AvgIpc) is 3.09. The van der Waals surface area contributed by atoms with E-state index < -0.39 is 5.82 Å². The summed E-state index contributed by atoms with van der Waals surface area (Å²) in [6.45, 7) is 2.03. The zero-order valence-corrected chi connectivity index (χ0v) is 16.0. The summed E-state index contributed by atoms with van der Waals surface area (Å²) in [5.74, 6) is -0.448. The van der Waals surface area contributed by atoms with Crippen LogP contribution in [0.4, 0.5) is 4.39 Å². The van der Waals surface area contributed by atoms with Gasteiger partial charge in [0.15, 0.2) is 0 Å². The van der Waals surface area contributed by atoms with Crippen LogP contribution < -0.4 is 0 Å². The molecule has 3 aromatic carbocycles. The highest BCUT2D eigenvalue weighted by molar-refractivity contribution is 6.31. The third-order valence-electron chi connectivity index (χ3n) is 4.34. The van der Waals surface area contributed by atoms with Gasteiger partial charge in [-0.1, -0.05) is 53.5 Å². The second kappa shape index (κ2) is 7.18. The van der Waals surface area contributed by atoms with Crippen molar-refractivity contribution in [1.29, 1.82) is 0 Å². The van der Waals surface area contributed by atoms with E-state index in [2.05, 4.69) is 11.2 Å². The molecule has 1 heterocycles. The van der Waals surface area contributed by atoms with Crippen LogP contribution >= 0.6 is 23.2 Å². The maximum atomic E-state index is 13.6. The second-order valence-corrected chi connectivity index (χ2v) is 7.14. The fraction of sp³-hybridized carbons (Fsp3) is 0.0455. The van der Waals surface area contributed by atoms with Gasteiger partial charge in [-0.3, -0.25) is 0 Å². The summed E-state index contributed by atoms with van der Waals surface area (Å²) >= 11 is 12.2. The molecule has 134 valence electrons. The van der Waals surface area contributed by atoms with Crippen molar-refractivity contribution >= 4 is 23.2 Å². The lowest BCUT2D eigenvalue weighted by atomic mass is 10.0. The van der Waals surface area contributed by atoms with Gasteiger partial charge in [0.2, 0.25) is 0 Å². The number of hydrogen-bond donors (Lipinski definition) is 0. The first-order valence-electron chi connectivity index (χ1n) is 8.39. The fourth-order valence-electron chi connectivity index (χ4n) is 3.09. The van der Waals surface area contributed by atoms with E-state index in [-0.39, 0.29) is 5.02 Å². The maximum absolute atomic E-state index is 13.6. The Balaban J connectivity index is 1.98. The molecular formula is C22H15Cl2FN2. The third-order valence-corrected chi connectivity index (χ3v) is 4.87. The van der Waals surface area contributed by atoms with Crippen molar-refractivity contribution in [2.24, 2.45) is 0 Å². The number of aryl methyl sites for hydroxylation is 1. The Labute approximate surface area is 166 Å². The average molecular weight is 397 g/mol. The van der Waals surface area contributed by atoms with E-state index in [0.29, 0.717) is 5.02 Å². The number of hydrogen-bond acceptors (Lipinski definition) is 1. The van der Waals surface area contributed by atoms with E-state index in [1.54, 1.807) is 18.3 Å². The number of halogens is 3. The smallest absolute Gasteiger partial charge is 0.141 e. The SMILES string of the molecule is Cc1cccc(-n2ncc(-c3ccc(F)c(Cl)c3)c2-c2cccc(Cl)c2)c1. The molecule has 0 spiro atoms. The molecule has 0 atom stereocenters. The number of rotatable bonds is 3. The first-order chi connectivity index (χ1) is 13.0. The monoisotopic (exact) mass is 396 g/mol. The molecule has 0 aliphatic heterocycles. The molecule has 1 aromatic heterocycles. The van der Waals surface area contributed by atoms with Gasteiger partial charge in [0.1, 0.15) is 5.82 Å². The zero-order chi connectivity index (χ0) is 19.0. The normalized spacial score (nSPS) is 11.0. The molecule has 4 aromatic rings. The lowest BCUT2D eigenvalue weighted by Crippen LogP contribution is -2.00. The largest absolute Gasteiger partial charge is 0.232 e. The lowest BCUT2D eigenvalue weighted by Gasteiger charge is -2.12. The van der Waals surface area contributed by atoms with Gasteiger partial charge in [0.25, 0.3) is 0 Å². The van der Waals surface area contributed by atoms with Gasteiger partial charge in [-0.25, -0.2) is 9.07 Å². The van der Waals surface area contributed by atoms with Crippen LogP contribution in [0.25, 0.3) is 28.1 Å². The molecule has 4 rings (SSSR count). The Hall–Kier alpha value is -2.62. The Kier molecular flexibility index (Phi) is 4.73. The predicted molar refractivity (Wildman–Crippen MR) is 109 cm³/mol. The quantitative estimate of drug-likeness (QED) is 0.365. The minimum Gasteiger partial charge on any atom is -0.232 e. The molecule has 0 N–H and O–H groups in total. The van der Waals surface area contributed by atoms with Gasteiger partial charge >= 0.3 is 0 Å². The Morgan fingerprint density at radius 1 is 0.889 bits per heavy atom. The summed E-state index contributed by atoms with van der Waals surface area (Å²) in [5.41, 5.74) is 5.48. The summed E-state index contributed by atoms with van der Waals surface area (Å²) in [7, 11) is 0. The van der Waals surface area contributed by atoms with E-state index in [1.807, 2.05) is 54.1 Å². The van der Waals surface area contributed by atoms with Crippen molar-refractivity contribution in [3.05, 3.63) is 94.4 Å². The van der Waals surface area contributed by atoms with Crippen LogP contribution in [0.2, 0.25) is 10.0 Å². The van der Waals surface area contributed by atoms with E-state index in [0.717, 1.165) is 33.6 Å². The fourth-order valence-corrected chi connectivity index (χ4v) is 3.46. The first kappa shape index (κ1) is 17.8. The molecule has 0 aliphatic carbocycles. The molecule has 5 heteroatoms. The molecule has 0 fully saturated rings. The van der Waals surface area contributed by atoms with Gasteiger partial charge in [0, 0.05) is 16.1 Å². The Morgan fingerprint density at radius 3 is 2.44 bits per heavy atom. The maximum Gasteiger partial charge on any atom is 0.141 e. The highest BCUT2D eigenvalue weighted by Crippen LogP contribution is 2.36. The molecule has 0 saturated carbocycles. The van der Waals surface area contributed by atoms with Crippen LogP contribution in [0.3, 0.4) is 0 Å². The van der Waals surface area contributed by atoms with E-state index >= 15 is 0 Å². The van der Waals surface area contributed by atoms with Crippen molar-refractivity contribution in [1.82, 2.24) is 9.78 Å². The Bertz CT molecular complexity index is 1130. The van der Waals surface area contributed by atoms with Crippen LogP contribution in [0.1, 0.15) is 5.56 Å². The highest BCUT2D eigenvalue weighted by atomic mass is 35.5. The van der Waals surface area contributed by atoms with Gasteiger partial charge < -0.3 is 0 Å². The molecule has 0 bridgehead atoms.